The Bertz CT molecular complexity index is 4340. The van der Waals surface area contributed by atoms with E-state index in [1.807, 2.05) is 114 Å². The molecular weight excluding hydrogens is 1460 g/mol. The molecule has 576 valence electrons. The van der Waals surface area contributed by atoms with E-state index in [2.05, 4.69) is 173 Å². The smallest absolute Gasteiger partial charge is 0.388 e. The number of aldehydes is 2. The highest BCUT2D eigenvalue weighted by atomic mass is 35.5. The fourth-order valence-corrected chi connectivity index (χ4v) is 12.8. The van der Waals surface area contributed by atoms with Crippen molar-refractivity contribution in [3.63, 3.8) is 0 Å². The lowest BCUT2D eigenvalue weighted by molar-refractivity contribution is 0.111. The summed E-state index contributed by atoms with van der Waals surface area (Å²) in [5.41, 5.74) is 30.9. The lowest BCUT2D eigenvalue weighted by Gasteiger charge is -2.16. The van der Waals surface area contributed by atoms with Crippen molar-refractivity contribution in [3.8, 4) is 6.07 Å². The van der Waals surface area contributed by atoms with E-state index >= 15 is 0 Å². The molecule has 0 spiro atoms. The number of carbonyl (C=O) groups is 2. The predicted octanol–water partition coefficient (Wildman–Crippen LogP) is 22.5. The summed E-state index contributed by atoms with van der Waals surface area (Å²) in [7, 11) is -1.00. The molecule has 0 aliphatic heterocycles. The van der Waals surface area contributed by atoms with Crippen LogP contribution >= 0.6 is 69.6 Å². The van der Waals surface area contributed by atoms with E-state index in [0.29, 0.717) is 11.8 Å². The Labute approximate surface area is 662 Å². The zero-order valence-corrected chi connectivity index (χ0v) is 70.8. The number of aromatic amines is 1. The van der Waals surface area contributed by atoms with Gasteiger partial charge in [0.2, 0.25) is 5.01 Å². The van der Waals surface area contributed by atoms with Gasteiger partial charge in [-0.2, -0.15) is 5.21 Å². The molecule has 0 amide bonds. The zero-order valence-electron chi connectivity index (χ0n) is 67.2. The molecule has 0 fully saturated rings. The summed E-state index contributed by atoms with van der Waals surface area (Å²) in [4.78, 5) is 41.4. The monoisotopic (exact) mass is 1570 g/mol. The van der Waals surface area contributed by atoms with E-state index in [4.69, 9.17) is 86.5 Å². The molecule has 4 aromatic heterocycles. The number of aryl methyl sites for hydroxylation is 18. The molecule has 106 heavy (non-hydrogen) atoms. The molecule has 0 unspecified atom stereocenters. The molecule has 6 aromatic carbocycles. The van der Waals surface area contributed by atoms with Gasteiger partial charge in [0.25, 0.3) is 0 Å². The molecule has 0 saturated heterocycles. The Kier molecular flexibility index (Phi) is 47.8. The summed E-state index contributed by atoms with van der Waals surface area (Å²) in [6.07, 6.45) is 18.2. The van der Waals surface area contributed by atoms with Crippen molar-refractivity contribution < 1.29 is 30.9 Å². The number of hydrogen-bond acceptors (Lipinski definition) is 10. The number of aromatic nitrogens is 8. The second-order valence-corrected chi connectivity index (χ2v) is 27.2. The number of hydrogen-bond donors (Lipinski definition) is 4. The van der Waals surface area contributed by atoms with E-state index in [1.165, 1.54) is 78.5 Å². The first-order chi connectivity index (χ1) is 50.6. The summed E-state index contributed by atoms with van der Waals surface area (Å²) in [5, 5.41) is 31.7. The molecule has 4 heterocycles. The lowest BCUT2D eigenvalue weighted by Crippen LogP contribution is -2.07. The number of benzene rings is 6. The van der Waals surface area contributed by atoms with Crippen molar-refractivity contribution in [1.29, 1.82) is 0 Å². The molecule has 0 saturated carbocycles. The summed E-state index contributed by atoms with van der Waals surface area (Å²) in [5.74, 6) is 5.03. The second-order valence-electron chi connectivity index (χ2n) is 25.1. The second kappa shape index (κ2) is 52.8. The average Bonchev–Trinajstić information content (AvgIpc) is 1.70. The zero-order chi connectivity index (χ0) is 81.8. The van der Waals surface area contributed by atoms with Gasteiger partial charge in [-0.25, -0.2) is 19.9 Å². The number of rotatable bonds is 11. The van der Waals surface area contributed by atoms with Gasteiger partial charge < -0.3 is 29.0 Å². The van der Waals surface area contributed by atoms with Gasteiger partial charge in [0, 0.05) is 104 Å². The van der Waals surface area contributed by atoms with Crippen molar-refractivity contribution in [3.05, 3.63) is 283 Å². The van der Waals surface area contributed by atoms with Crippen molar-refractivity contribution >= 4 is 88.4 Å². The minimum atomic E-state index is -1.00. The molecular formula is C84H112Cl6FN10O5+. The first-order valence-corrected chi connectivity index (χ1v) is 37.2. The van der Waals surface area contributed by atoms with Crippen LogP contribution in [0, 0.1) is 158 Å². The van der Waals surface area contributed by atoms with Crippen LogP contribution in [0.25, 0.3) is 5.01 Å². The highest BCUT2D eigenvalue weighted by molar-refractivity contribution is 6.41. The van der Waals surface area contributed by atoms with Gasteiger partial charge in [0.15, 0.2) is 12.6 Å². The normalized spacial score (nSPS) is 9.97. The molecule has 0 radical (unpaired) electrons. The maximum Gasteiger partial charge on any atom is 0.388 e. The molecule has 0 bridgehead atoms. The number of nitrogens with zero attached hydrogens (tertiary/aromatic N) is 9. The SMILES string of the molecule is CCO.Cc1cc(C)c(CCl)c(C)c1.Cc1cc(C)c(CCl)c(C)c1C=O.Cc1cc(C)c(Cn2ccnc2C)c(C)c1/C=N/O.Cc1cc(C)c(Cn2ccnc2C)c(C)c1C#[N+]O.Cc1cc(C)c(Cn2ccnc2C)c(C)c1C=O.Cc1cc(C)cc(C)c1.Cc1ncc[nH]1.ClCCl.ClCCl.[2H]CF. The van der Waals surface area contributed by atoms with Crippen LogP contribution < -0.4 is 0 Å². The summed E-state index contributed by atoms with van der Waals surface area (Å²) < 4.78 is 21.8. The molecule has 0 atom stereocenters. The number of imidazole rings is 4. The third-order valence-electron chi connectivity index (χ3n) is 17.2. The van der Waals surface area contributed by atoms with E-state index in [1.54, 1.807) is 31.7 Å². The van der Waals surface area contributed by atoms with E-state index in [-0.39, 0.29) is 17.3 Å². The number of halogens is 7. The van der Waals surface area contributed by atoms with Crippen LogP contribution in [0.2, 0.25) is 0 Å². The first kappa shape index (κ1) is 95.9. The Morgan fingerprint density at radius 2 is 0.774 bits per heavy atom. The predicted molar refractivity (Wildman–Crippen MR) is 446 cm³/mol. The average molecular weight is 1570 g/mol. The highest BCUT2D eigenvalue weighted by Crippen LogP contribution is 2.27. The third kappa shape index (κ3) is 32.5. The van der Waals surface area contributed by atoms with Crippen LogP contribution in [-0.2, 0) is 31.4 Å². The third-order valence-corrected chi connectivity index (χ3v) is 17.7. The Morgan fingerprint density at radius 1 is 0.472 bits per heavy atom. The van der Waals surface area contributed by atoms with Gasteiger partial charge in [0.05, 0.1) is 25.4 Å². The number of carbonyl (C=O) groups excluding carboxylic acids is 2. The molecule has 0 aliphatic carbocycles. The van der Waals surface area contributed by atoms with Crippen molar-refractivity contribution in [2.24, 2.45) is 5.16 Å². The van der Waals surface area contributed by atoms with Gasteiger partial charge in [-0.15, -0.1) is 69.6 Å². The molecule has 15 nitrogen and oxygen atoms in total. The quantitative estimate of drug-likeness (QED) is 0.0320. The molecule has 10 rings (SSSR count). The largest absolute Gasteiger partial charge is 0.411 e. The van der Waals surface area contributed by atoms with Gasteiger partial charge >= 0.3 is 6.07 Å². The molecule has 4 N–H and O–H groups in total. The van der Waals surface area contributed by atoms with E-state index in [9.17, 15) is 14.0 Å². The molecule has 0 aliphatic rings. The van der Waals surface area contributed by atoms with Crippen molar-refractivity contribution in [1.82, 2.24) is 38.6 Å². The number of oxime groups is 1. The maximum atomic E-state index is 11.2. The highest BCUT2D eigenvalue weighted by Gasteiger charge is 2.17. The van der Waals surface area contributed by atoms with Crippen LogP contribution in [-0.4, -0.2) is 97.4 Å². The molecule has 10 aromatic rings. The summed E-state index contributed by atoms with van der Waals surface area (Å²) in [6, 6.07) is 21.9. The number of nitrogens with one attached hydrogen (secondary N) is 1. The van der Waals surface area contributed by atoms with Crippen molar-refractivity contribution in [2.75, 3.05) is 24.4 Å². The van der Waals surface area contributed by atoms with E-state index < -0.39 is 7.15 Å². The van der Waals surface area contributed by atoms with Crippen molar-refractivity contribution in [2.45, 2.75) is 191 Å². The number of aliphatic hydroxyl groups is 1. The Morgan fingerprint density at radius 3 is 1.06 bits per heavy atom. The molecule has 22 heteroatoms. The topological polar surface area (TPSA) is 194 Å². The van der Waals surface area contributed by atoms with E-state index in [0.717, 1.165) is 133 Å². The van der Waals surface area contributed by atoms with Crippen LogP contribution in [0.5, 0.6) is 0 Å². The Balaban J connectivity index is 0.00000122. The number of alkyl halides is 7. The first-order valence-electron chi connectivity index (χ1n) is 34.7. The fraction of sp³-hybridized carbons (Fsp3) is 0.381. The van der Waals surface area contributed by atoms with Gasteiger partial charge in [-0.1, -0.05) is 82.0 Å². The van der Waals surface area contributed by atoms with Gasteiger partial charge in [-0.3, -0.25) is 14.0 Å². The summed E-state index contributed by atoms with van der Waals surface area (Å²) >= 11 is 30.6. The van der Waals surface area contributed by atoms with Gasteiger partial charge in [-0.05, 0) is 265 Å². The lowest BCUT2D eigenvalue weighted by atomic mass is 9.94. The van der Waals surface area contributed by atoms with Crippen LogP contribution in [0.1, 0.15) is 191 Å². The number of H-pyrrole nitrogens is 1. The standard InChI is InChI=1S/C15H19N3O.C15H17N3O.C15H18N2O.C11H13ClO.C10H13Cl.C9H12.C4H6N2.C2H6O.2CH2Cl2.CH3F/c2*1-10-7-11(2)15(12(3)14(10)8-17-19)9-18-6-5-16-13(18)4;1-10-7-11(2)15(9-18)12(3)14(10)8-17-6-5-16-13(17)4;1-7-4-8(2)11(6-13)9(3)10(7)5-12;1-7-4-8(2)10(6-11)9(3)5-7;1-7-4-8(2)6-9(3)5-7;1-4-5-2-3-6-4;1-2-3;2*2-1-3;1-2/h5-8,19H,9H2,1-4H3;5-7H,9H2,1-4H3;5-7,9H,8H2,1-4H3;4,6H,5H2,1-3H3;4-5H,6H2,1-3H3;4-6H,1-3H3;2-3H,1H3,(H,5,6);3H,2H2,1H3;2*1H2;1H3/p+1/b17-8+;;;;;;;;;;/i;;;;;;;;;;1D. The fourth-order valence-electron chi connectivity index (χ4n) is 11.9. The maximum absolute atomic E-state index is 11.2. The Hall–Kier alpha value is -8.11. The van der Waals surface area contributed by atoms with Gasteiger partial charge in [0.1, 0.15) is 28.9 Å². The minimum absolute atomic E-state index is 0.194. The van der Waals surface area contributed by atoms with Crippen LogP contribution in [0.4, 0.5) is 4.39 Å². The van der Waals surface area contributed by atoms with Crippen LogP contribution in [0.15, 0.2) is 109 Å². The minimum Gasteiger partial charge on any atom is -0.411 e. The number of aliphatic hydroxyl groups excluding tert-OH is 1. The summed E-state index contributed by atoms with van der Waals surface area (Å²) in [6.45, 7) is 49.2. The van der Waals surface area contributed by atoms with Crippen LogP contribution in [0.3, 0.4) is 0 Å².